The van der Waals surface area contributed by atoms with Crippen molar-refractivity contribution in [2.75, 3.05) is 26.1 Å². The average Bonchev–Trinajstić information content (AvgIpc) is 2.35. The summed E-state index contributed by atoms with van der Waals surface area (Å²) in [5, 5.41) is 1.07. The molecular formula is C15H21N3O. The second kappa shape index (κ2) is 5.05. The molecule has 102 valence electrons. The zero-order chi connectivity index (χ0) is 14.2. The number of hydrogen-bond donors (Lipinski definition) is 1. The van der Waals surface area contributed by atoms with Crippen LogP contribution in [0.5, 0.6) is 5.75 Å². The first kappa shape index (κ1) is 13.6. The van der Waals surface area contributed by atoms with Crippen LogP contribution in [0.15, 0.2) is 18.2 Å². The minimum absolute atomic E-state index is 0.0448. The van der Waals surface area contributed by atoms with Crippen molar-refractivity contribution in [1.82, 2.24) is 4.98 Å². The van der Waals surface area contributed by atoms with E-state index in [0.717, 1.165) is 33.6 Å². The van der Waals surface area contributed by atoms with Crippen LogP contribution in [-0.2, 0) is 0 Å². The van der Waals surface area contributed by atoms with E-state index in [-0.39, 0.29) is 6.04 Å². The SMILES string of the molecule is COc1ccc(C(C)N)c2c(N(C)C)cc(C)nc12. The predicted octanol–water partition coefficient (Wildman–Crippen LogP) is 2.64. The first-order valence-corrected chi connectivity index (χ1v) is 6.37. The predicted molar refractivity (Wildman–Crippen MR) is 80.0 cm³/mol. The van der Waals surface area contributed by atoms with Crippen LogP contribution < -0.4 is 15.4 Å². The highest BCUT2D eigenvalue weighted by atomic mass is 16.5. The second-order valence-electron chi connectivity index (χ2n) is 5.05. The van der Waals surface area contributed by atoms with E-state index >= 15 is 0 Å². The quantitative estimate of drug-likeness (QED) is 0.920. The first-order chi connectivity index (χ1) is 8.95. The number of methoxy groups -OCH3 is 1. The minimum atomic E-state index is -0.0448. The number of rotatable bonds is 3. The normalized spacial score (nSPS) is 12.5. The molecule has 0 saturated heterocycles. The molecule has 0 spiro atoms. The molecule has 4 heteroatoms. The molecule has 1 aromatic carbocycles. The molecule has 4 nitrogen and oxygen atoms in total. The molecule has 1 unspecified atom stereocenters. The minimum Gasteiger partial charge on any atom is -0.494 e. The summed E-state index contributed by atoms with van der Waals surface area (Å²) in [7, 11) is 5.72. The Morgan fingerprint density at radius 1 is 1.32 bits per heavy atom. The van der Waals surface area contributed by atoms with Gasteiger partial charge in [-0.25, -0.2) is 4.98 Å². The number of anilines is 1. The zero-order valence-corrected chi connectivity index (χ0v) is 12.2. The van der Waals surface area contributed by atoms with Crippen molar-refractivity contribution >= 4 is 16.6 Å². The van der Waals surface area contributed by atoms with Crippen LogP contribution in [-0.4, -0.2) is 26.2 Å². The summed E-state index contributed by atoms with van der Waals surface area (Å²) in [5.41, 5.74) is 10.1. The van der Waals surface area contributed by atoms with Crippen molar-refractivity contribution in [3.8, 4) is 5.75 Å². The highest BCUT2D eigenvalue weighted by Gasteiger charge is 2.16. The third kappa shape index (κ3) is 2.36. The lowest BCUT2D eigenvalue weighted by atomic mass is 10.00. The van der Waals surface area contributed by atoms with E-state index in [9.17, 15) is 0 Å². The van der Waals surface area contributed by atoms with Crippen molar-refractivity contribution in [2.24, 2.45) is 5.73 Å². The number of ether oxygens (including phenoxy) is 1. The molecule has 0 amide bonds. The fourth-order valence-corrected chi connectivity index (χ4v) is 2.34. The zero-order valence-electron chi connectivity index (χ0n) is 12.2. The summed E-state index contributed by atoms with van der Waals surface area (Å²) in [6.45, 7) is 3.98. The van der Waals surface area contributed by atoms with Gasteiger partial charge in [0.15, 0.2) is 0 Å². The van der Waals surface area contributed by atoms with Gasteiger partial charge in [0, 0.05) is 36.9 Å². The maximum absolute atomic E-state index is 6.09. The second-order valence-corrected chi connectivity index (χ2v) is 5.05. The van der Waals surface area contributed by atoms with Gasteiger partial charge in [0.2, 0.25) is 0 Å². The van der Waals surface area contributed by atoms with Gasteiger partial charge in [-0.3, -0.25) is 0 Å². The lowest BCUT2D eigenvalue weighted by Gasteiger charge is -2.21. The Kier molecular flexibility index (Phi) is 3.62. The van der Waals surface area contributed by atoms with E-state index in [1.807, 2.05) is 40.1 Å². The Bertz CT molecular complexity index is 606. The average molecular weight is 259 g/mol. The molecule has 2 aromatic rings. The van der Waals surface area contributed by atoms with Gasteiger partial charge in [-0.15, -0.1) is 0 Å². The molecule has 1 aromatic heterocycles. The molecule has 0 aliphatic carbocycles. The highest BCUT2D eigenvalue weighted by molar-refractivity contribution is 5.98. The van der Waals surface area contributed by atoms with E-state index in [1.165, 1.54) is 0 Å². The number of aryl methyl sites for hydroxylation is 1. The maximum atomic E-state index is 6.09. The van der Waals surface area contributed by atoms with Crippen molar-refractivity contribution in [3.05, 3.63) is 29.5 Å². The maximum Gasteiger partial charge on any atom is 0.145 e. The smallest absolute Gasteiger partial charge is 0.145 e. The highest BCUT2D eigenvalue weighted by Crippen LogP contribution is 2.36. The van der Waals surface area contributed by atoms with Crippen molar-refractivity contribution in [1.29, 1.82) is 0 Å². The van der Waals surface area contributed by atoms with Crippen molar-refractivity contribution in [2.45, 2.75) is 19.9 Å². The lowest BCUT2D eigenvalue weighted by molar-refractivity contribution is 0.418. The van der Waals surface area contributed by atoms with Crippen LogP contribution in [0.4, 0.5) is 5.69 Å². The van der Waals surface area contributed by atoms with Gasteiger partial charge in [-0.05, 0) is 31.5 Å². The summed E-state index contributed by atoms with van der Waals surface area (Å²) >= 11 is 0. The van der Waals surface area contributed by atoms with Crippen LogP contribution in [0.2, 0.25) is 0 Å². The fourth-order valence-electron chi connectivity index (χ4n) is 2.34. The Morgan fingerprint density at radius 2 is 2.00 bits per heavy atom. The van der Waals surface area contributed by atoms with E-state index in [4.69, 9.17) is 10.5 Å². The summed E-state index contributed by atoms with van der Waals surface area (Å²) in [6, 6.07) is 5.99. The molecular weight excluding hydrogens is 238 g/mol. The van der Waals surface area contributed by atoms with Crippen molar-refractivity contribution < 1.29 is 4.74 Å². The number of aromatic nitrogens is 1. The van der Waals surface area contributed by atoms with Gasteiger partial charge >= 0.3 is 0 Å². The molecule has 0 aliphatic rings. The standard InChI is InChI=1S/C15H21N3O/c1-9-8-12(18(3)4)14-11(10(2)16)6-7-13(19-5)15(14)17-9/h6-8,10H,16H2,1-5H3. The van der Waals surface area contributed by atoms with Gasteiger partial charge < -0.3 is 15.4 Å². The van der Waals surface area contributed by atoms with Crippen LogP contribution >= 0.6 is 0 Å². The van der Waals surface area contributed by atoms with Gasteiger partial charge in [0.05, 0.1) is 7.11 Å². The molecule has 2 N–H and O–H groups in total. The Hall–Kier alpha value is -1.81. The Labute approximate surface area is 114 Å². The summed E-state index contributed by atoms with van der Waals surface area (Å²) < 4.78 is 5.43. The third-order valence-electron chi connectivity index (χ3n) is 3.26. The van der Waals surface area contributed by atoms with Crippen LogP contribution in [0.3, 0.4) is 0 Å². The Balaban J connectivity index is 2.93. The number of nitrogens with zero attached hydrogens (tertiary/aromatic N) is 2. The number of hydrogen-bond acceptors (Lipinski definition) is 4. The van der Waals surface area contributed by atoms with Gasteiger partial charge in [0.1, 0.15) is 11.3 Å². The van der Waals surface area contributed by atoms with Crippen LogP contribution in [0.1, 0.15) is 24.2 Å². The van der Waals surface area contributed by atoms with E-state index in [0.29, 0.717) is 0 Å². The largest absolute Gasteiger partial charge is 0.494 e. The first-order valence-electron chi connectivity index (χ1n) is 6.37. The molecule has 0 bridgehead atoms. The molecule has 1 atom stereocenters. The molecule has 0 saturated carbocycles. The van der Waals surface area contributed by atoms with Gasteiger partial charge in [-0.1, -0.05) is 6.07 Å². The van der Waals surface area contributed by atoms with Crippen molar-refractivity contribution in [3.63, 3.8) is 0 Å². The van der Waals surface area contributed by atoms with Crippen LogP contribution in [0.25, 0.3) is 10.9 Å². The van der Waals surface area contributed by atoms with E-state index in [2.05, 4.69) is 16.0 Å². The summed E-state index contributed by atoms with van der Waals surface area (Å²) in [5.74, 6) is 0.784. The summed E-state index contributed by atoms with van der Waals surface area (Å²) in [4.78, 5) is 6.71. The molecule has 0 aliphatic heterocycles. The summed E-state index contributed by atoms with van der Waals surface area (Å²) in [6.07, 6.45) is 0. The molecule has 0 radical (unpaired) electrons. The van der Waals surface area contributed by atoms with Crippen LogP contribution in [0, 0.1) is 6.92 Å². The Morgan fingerprint density at radius 3 is 2.53 bits per heavy atom. The van der Waals surface area contributed by atoms with E-state index < -0.39 is 0 Å². The molecule has 19 heavy (non-hydrogen) atoms. The number of fused-ring (bicyclic) bond motifs is 1. The topological polar surface area (TPSA) is 51.4 Å². The number of benzene rings is 1. The van der Waals surface area contributed by atoms with E-state index in [1.54, 1.807) is 7.11 Å². The fraction of sp³-hybridized carbons (Fsp3) is 0.400. The number of pyridine rings is 1. The van der Waals surface area contributed by atoms with Gasteiger partial charge in [0.25, 0.3) is 0 Å². The lowest BCUT2D eigenvalue weighted by Crippen LogP contribution is -2.13. The molecule has 2 rings (SSSR count). The van der Waals surface area contributed by atoms with Gasteiger partial charge in [-0.2, -0.15) is 0 Å². The monoisotopic (exact) mass is 259 g/mol. The molecule has 0 fully saturated rings. The third-order valence-corrected chi connectivity index (χ3v) is 3.26. The molecule has 1 heterocycles. The number of nitrogens with two attached hydrogens (primary N) is 1.